The van der Waals surface area contributed by atoms with Crippen molar-refractivity contribution in [3.05, 3.63) is 131 Å². The fraction of sp³-hybridized carbons (Fsp3) is 0.206. The van der Waals surface area contributed by atoms with Crippen molar-refractivity contribution in [2.75, 3.05) is 13.1 Å². The van der Waals surface area contributed by atoms with E-state index in [1.54, 1.807) is 65.6 Å². The van der Waals surface area contributed by atoms with Gasteiger partial charge >= 0.3 is 5.97 Å². The number of carbonyl (C=O) groups excluding carboxylic acids is 2. The standard InChI is InChI=1S/C34H33FN2O4/c1-23-11-13-25(14-12-23)19-21-37(22-20-32(38)39)34(41)31-10-6-4-8-29(31)28-7-3-5-9-30(28)33(40)36-24(2)26-15-17-27(35)18-16-26/h3-18,24H,19-22H2,1-2H3,(H,36,40)(H,38,39). The molecule has 4 aromatic carbocycles. The molecule has 0 saturated heterocycles. The van der Waals surface area contributed by atoms with Crippen LogP contribution in [0.25, 0.3) is 11.1 Å². The number of rotatable bonds is 11. The van der Waals surface area contributed by atoms with Crippen molar-refractivity contribution >= 4 is 17.8 Å². The first-order valence-electron chi connectivity index (χ1n) is 13.5. The van der Waals surface area contributed by atoms with Gasteiger partial charge in [-0.2, -0.15) is 0 Å². The first kappa shape index (κ1) is 29.2. The molecule has 0 aromatic heterocycles. The quantitative estimate of drug-likeness (QED) is 0.224. The molecule has 0 fully saturated rings. The molecule has 4 aromatic rings. The Bertz CT molecular complexity index is 1520. The molecule has 6 nitrogen and oxygen atoms in total. The number of carboxylic acids is 1. The average Bonchev–Trinajstić information content (AvgIpc) is 2.98. The summed E-state index contributed by atoms with van der Waals surface area (Å²) in [7, 11) is 0. The van der Waals surface area contributed by atoms with Gasteiger partial charge in [-0.25, -0.2) is 4.39 Å². The van der Waals surface area contributed by atoms with Crippen LogP contribution in [-0.4, -0.2) is 40.9 Å². The highest BCUT2D eigenvalue weighted by molar-refractivity contribution is 6.06. The highest BCUT2D eigenvalue weighted by Crippen LogP contribution is 2.29. The van der Waals surface area contributed by atoms with Gasteiger partial charge in [-0.1, -0.05) is 78.4 Å². The van der Waals surface area contributed by atoms with Crippen molar-refractivity contribution in [2.45, 2.75) is 32.7 Å². The number of aryl methyl sites for hydroxylation is 1. The molecule has 1 atom stereocenters. The second kappa shape index (κ2) is 13.5. The Morgan fingerprint density at radius 2 is 1.39 bits per heavy atom. The van der Waals surface area contributed by atoms with E-state index < -0.39 is 5.97 Å². The monoisotopic (exact) mass is 552 g/mol. The van der Waals surface area contributed by atoms with Gasteiger partial charge in [0.15, 0.2) is 0 Å². The first-order valence-corrected chi connectivity index (χ1v) is 13.5. The Hall–Kier alpha value is -4.78. The van der Waals surface area contributed by atoms with Gasteiger partial charge in [-0.15, -0.1) is 0 Å². The zero-order valence-corrected chi connectivity index (χ0v) is 23.1. The van der Waals surface area contributed by atoms with Crippen molar-refractivity contribution in [2.24, 2.45) is 0 Å². The zero-order valence-electron chi connectivity index (χ0n) is 23.1. The lowest BCUT2D eigenvalue weighted by atomic mass is 9.94. The molecule has 0 saturated carbocycles. The Morgan fingerprint density at radius 3 is 2.02 bits per heavy atom. The summed E-state index contributed by atoms with van der Waals surface area (Å²) in [5.41, 5.74) is 4.87. The summed E-state index contributed by atoms with van der Waals surface area (Å²) in [6.45, 7) is 4.23. The van der Waals surface area contributed by atoms with E-state index in [-0.39, 0.29) is 36.6 Å². The highest BCUT2D eigenvalue weighted by Gasteiger charge is 2.23. The van der Waals surface area contributed by atoms with E-state index in [1.807, 2.05) is 38.1 Å². The molecule has 4 rings (SSSR count). The van der Waals surface area contributed by atoms with E-state index in [1.165, 1.54) is 12.1 Å². The van der Waals surface area contributed by atoms with Crippen LogP contribution in [0.15, 0.2) is 97.1 Å². The zero-order chi connectivity index (χ0) is 29.4. The fourth-order valence-corrected chi connectivity index (χ4v) is 4.66. The number of carbonyl (C=O) groups is 3. The van der Waals surface area contributed by atoms with Crippen molar-refractivity contribution in [1.29, 1.82) is 0 Å². The summed E-state index contributed by atoms with van der Waals surface area (Å²) >= 11 is 0. The highest BCUT2D eigenvalue weighted by atomic mass is 19.1. The lowest BCUT2D eigenvalue weighted by molar-refractivity contribution is -0.137. The van der Waals surface area contributed by atoms with Crippen molar-refractivity contribution in [3.63, 3.8) is 0 Å². The summed E-state index contributed by atoms with van der Waals surface area (Å²) < 4.78 is 13.4. The molecule has 0 aliphatic carbocycles. The van der Waals surface area contributed by atoms with Gasteiger partial charge < -0.3 is 15.3 Å². The number of carboxylic acid groups (broad SMARTS) is 1. The van der Waals surface area contributed by atoms with Crippen LogP contribution in [0.1, 0.15) is 56.8 Å². The molecule has 0 radical (unpaired) electrons. The Labute approximate surface area is 239 Å². The molecule has 41 heavy (non-hydrogen) atoms. The van der Waals surface area contributed by atoms with E-state index >= 15 is 0 Å². The van der Waals surface area contributed by atoms with E-state index in [4.69, 9.17) is 0 Å². The molecule has 0 bridgehead atoms. The summed E-state index contributed by atoms with van der Waals surface area (Å²) in [4.78, 5) is 40.3. The van der Waals surface area contributed by atoms with Crippen molar-refractivity contribution < 1.29 is 23.9 Å². The molecule has 1 unspecified atom stereocenters. The van der Waals surface area contributed by atoms with E-state index in [0.717, 1.165) is 16.7 Å². The molecule has 0 spiro atoms. The van der Waals surface area contributed by atoms with Crippen LogP contribution in [0, 0.1) is 12.7 Å². The summed E-state index contributed by atoms with van der Waals surface area (Å²) in [5.74, 6) is -1.97. The number of aliphatic carboxylic acids is 1. The number of amides is 2. The number of halogens is 1. The minimum Gasteiger partial charge on any atom is -0.481 e. The maximum Gasteiger partial charge on any atom is 0.305 e. The lowest BCUT2D eigenvalue weighted by Gasteiger charge is -2.24. The summed E-state index contributed by atoms with van der Waals surface area (Å²) in [6, 6.07) is 27.7. The number of benzene rings is 4. The smallest absolute Gasteiger partial charge is 0.305 e. The topological polar surface area (TPSA) is 86.7 Å². The number of hydrogen-bond donors (Lipinski definition) is 2. The van der Waals surface area contributed by atoms with Crippen molar-refractivity contribution in [1.82, 2.24) is 10.2 Å². The average molecular weight is 553 g/mol. The van der Waals surface area contributed by atoms with E-state index in [9.17, 15) is 23.9 Å². The van der Waals surface area contributed by atoms with Gasteiger partial charge in [-0.05, 0) is 66.8 Å². The maximum absolute atomic E-state index is 13.9. The third-order valence-electron chi connectivity index (χ3n) is 7.01. The number of nitrogens with one attached hydrogen (secondary N) is 1. The molecule has 210 valence electrons. The molecular formula is C34H33FN2O4. The second-order valence-corrected chi connectivity index (χ2v) is 10.0. The maximum atomic E-state index is 13.9. The second-order valence-electron chi connectivity index (χ2n) is 10.0. The summed E-state index contributed by atoms with van der Waals surface area (Å²) in [5, 5.41) is 12.3. The van der Waals surface area contributed by atoms with Crippen LogP contribution in [0.5, 0.6) is 0 Å². The van der Waals surface area contributed by atoms with E-state index in [0.29, 0.717) is 35.2 Å². The predicted octanol–water partition coefficient (Wildman–Crippen LogP) is 6.45. The van der Waals surface area contributed by atoms with Gasteiger partial charge in [0, 0.05) is 24.2 Å². The Kier molecular flexibility index (Phi) is 9.64. The Balaban J connectivity index is 1.62. The molecule has 2 N–H and O–H groups in total. The SMILES string of the molecule is Cc1ccc(CCN(CCC(=O)O)C(=O)c2ccccc2-c2ccccc2C(=O)NC(C)c2ccc(F)cc2)cc1. The normalized spacial score (nSPS) is 11.5. The first-order chi connectivity index (χ1) is 19.7. The molecule has 2 amide bonds. The molecule has 0 aliphatic heterocycles. The van der Waals surface area contributed by atoms with Crippen LogP contribution in [0.4, 0.5) is 4.39 Å². The third kappa shape index (κ3) is 7.66. The minimum atomic E-state index is -0.983. The van der Waals surface area contributed by atoms with Crippen LogP contribution in [-0.2, 0) is 11.2 Å². The van der Waals surface area contributed by atoms with Gasteiger partial charge in [0.25, 0.3) is 11.8 Å². The molecule has 7 heteroatoms. The van der Waals surface area contributed by atoms with Gasteiger partial charge in [-0.3, -0.25) is 14.4 Å². The predicted molar refractivity (Wildman–Crippen MR) is 157 cm³/mol. The van der Waals surface area contributed by atoms with Crippen LogP contribution < -0.4 is 5.32 Å². The van der Waals surface area contributed by atoms with Crippen LogP contribution >= 0.6 is 0 Å². The third-order valence-corrected chi connectivity index (χ3v) is 7.01. The largest absolute Gasteiger partial charge is 0.481 e. The van der Waals surface area contributed by atoms with Crippen molar-refractivity contribution in [3.8, 4) is 11.1 Å². The minimum absolute atomic E-state index is 0.0612. The molecular weight excluding hydrogens is 519 g/mol. The number of hydrogen-bond acceptors (Lipinski definition) is 3. The van der Waals surface area contributed by atoms with Gasteiger partial charge in [0.05, 0.1) is 12.5 Å². The lowest BCUT2D eigenvalue weighted by Crippen LogP contribution is -2.35. The summed E-state index contributed by atoms with van der Waals surface area (Å²) in [6.07, 6.45) is 0.399. The number of nitrogens with zero attached hydrogens (tertiary/aromatic N) is 1. The molecule has 0 aliphatic rings. The van der Waals surface area contributed by atoms with Gasteiger partial charge in [0.1, 0.15) is 5.82 Å². The van der Waals surface area contributed by atoms with Gasteiger partial charge in [0.2, 0.25) is 0 Å². The van der Waals surface area contributed by atoms with Crippen LogP contribution in [0.3, 0.4) is 0 Å². The molecule has 0 heterocycles. The van der Waals surface area contributed by atoms with Crippen LogP contribution in [0.2, 0.25) is 0 Å². The fourth-order valence-electron chi connectivity index (χ4n) is 4.66. The van der Waals surface area contributed by atoms with E-state index in [2.05, 4.69) is 5.32 Å². The Morgan fingerprint density at radius 1 is 0.805 bits per heavy atom.